The molecule has 0 N–H and O–H groups in total. The van der Waals surface area contributed by atoms with Crippen LogP contribution in [-0.2, 0) is 13.1 Å². The van der Waals surface area contributed by atoms with Crippen LogP contribution >= 0.6 is 0 Å². The first-order valence-electron chi connectivity index (χ1n) is 7.47. The lowest BCUT2D eigenvalue weighted by molar-refractivity contribution is 0.295. The topological polar surface area (TPSA) is 63.0 Å². The number of aromatic nitrogens is 5. The Morgan fingerprint density at radius 3 is 2.71 bits per heavy atom. The zero-order chi connectivity index (χ0) is 14.2. The zero-order valence-electron chi connectivity index (χ0n) is 12.2. The summed E-state index contributed by atoms with van der Waals surface area (Å²) < 4.78 is 2.28. The van der Waals surface area contributed by atoms with Crippen molar-refractivity contribution in [2.24, 2.45) is 0 Å². The van der Waals surface area contributed by atoms with Crippen molar-refractivity contribution in [1.29, 1.82) is 0 Å². The fraction of sp³-hybridized carbons (Fsp3) is 0.571. The van der Waals surface area contributed by atoms with Gasteiger partial charge in [-0.1, -0.05) is 0 Å². The van der Waals surface area contributed by atoms with Crippen LogP contribution in [0.15, 0.2) is 18.5 Å². The van der Waals surface area contributed by atoms with Crippen molar-refractivity contribution in [3.63, 3.8) is 0 Å². The average molecular weight is 285 g/mol. The Bertz CT molecular complexity index is 624. The molecule has 7 heteroatoms. The highest BCUT2D eigenvalue weighted by molar-refractivity contribution is 5.30. The number of anilines is 1. The summed E-state index contributed by atoms with van der Waals surface area (Å²) in [4.78, 5) is 13.2. The van der Waals surface area contributed by atoms with Gasteiger partial charge < -0.3 is 9.47 Å². The van der Waals surface area contributed by atoms with Crippen molar-refractivity contribution < 1.29 is 0 Å². The summed E-state index contributed by atoms with van der Waals surface area (Å²) in [5, 5.41) is 8.86. The van der Waals surface area contributed by atoms with Gasteiger partial charge in [-0.15, -0.1) is 10.2 Å². The van der Waals surface area contributed by atoms with Crippen LogP contribution in [0.3, 0.4) is 0 Å². The van der Waals surface area contributed by atoms with E-state index in [1.165, 1.54) is 12.8 Å². The molecule has 110 valence electrons. The SMILES string of the molecule is CN1CCCC1c1nnc2n1CCN(c1ncccn1)C2. The first-order chi connectivity index (χ1) is 10.3. The van der Waals surface area contributed by atoms with Crippen LogP contribution in [0.1, 0.15) is 30.5 Å². The van der Waals surface area contributed by atoms with Crippen molar-refractivity contribution in [2.45, 2.75) is 32.0 Å². The standard InChI is InChI=1S/C14H19N7/c1-19-7-2-4-11(19)13-18-17-12-10-20(8-9-21(12)13)14-15-5-3-6-16-14/h3,5-6,11H,2,4,7-10H2,1H3. The maximum Gasteiger partial charge on any atom is 0.225 e. The molecule has 1 saturated heterocycles. The van der Waals surface area contributed by atoms with E-state index in [1.807, 2.05) is 6.07 Å². The summed E-state index contributed by atoms with van der Waals surface area (Å²) >= 11 is 0. The Labute approximate surface area is 123 Å². The van der Waals surface area contributed by atoms with Gasteiger partial charge in [0.1, 0.15) is 0 Å². The highest BCUT2D eigenvalue weighted by atomic mass is 15.4. The minimum Gasteiger partial charge on any atom is -0.331 e. The molecule has 2 aromatic heterocycles. The van der Waals surface area contributed by atoms with Crippen LogP contribution in [-0.4, -0.2) is 49.8 Å². The van der Waals surface area contributed by atoms with E-state index in [9.17, 15) is 0 Å². The molecule has 4 rings (SSSR count). The van der Waals surface area contributed by atoms with E-state index in [0.717, 1.165) is 43.8 Å². The van der Waals surface area contributed by atoms with E-state index in [-0.39, 0.29) is 0 Å². The molecule has 2 aromatic rings. The summed E-state index contributed by atoms with van der Waals surface area (Å²) in [7, 11) is 2.17. The molecule has 0 aliphatic carbocycles. The van der Waals surface area contributed by atoms with E-state index >= 15 is 0 Å². The lowest BCUT2D eigenvalue weighted by Crippen LogP contribution is -2.36. The predicted octanol–water partition coefficient (Wildman–Crippen LogP) is 0.855. The molecule has 0 aromatic carbocycles. The molecule has 2 aliphatic heterocycles. The summed E-state index contributed by atoms with van der Waals surface area (Å²) in [6.45, 7) is 3.68. The molecule has 0 bridgehead atoms. The van der Waals surface area contributed by atoms with Crippen LogP contribution in [0.5, 0.6) is 0 Å². The van der Waals surface area contributed by atoms with Crippen molar-refractivity contribution in [3.8, 4) is 0 Å². The second kappa shape index (κ2) is 5.07. The molecular formula is C14H19N7. The van der Waals surface area contributed by atoms with Crippen molar-refractivity contribution >= 4 is 5.95 Å². The Morgan fingerprint density at radius 2 is 1.95 bits per heavy atom. The second-order valence-corrected chi connectivity index (χ2v) is 5.74. The largest absolute Gasteiger partial charge is 0.331 e. The van der Waals surface area contributed by atoms with E-state index in [2.05, 4.69) is 41.6 Å². The van der Waals surface area contributed by atoms with E-state index < -0.39 is 0 Å². The molecule has 1 fully saturated rings. The minimum absolute atomic E-state index is 0.422. The van der Waals surface area contributed by atoms with Gasteiger partial charge in [0.15, 0.2) is 11.6 Å². The minimum atomic E-state index is 0.422. The van der Waals surface area contributed by atoms with E-state index in [4.69, 9.17) is 0 Å². The Morgan fingerprint density at radius 1 is 1.10 bits per heavy atom. The third-order valence-corrected chi connectivity index (χ3v) is 4.44. The van der Waals surface area contributed by atoms with Gasteiger partial charge in [-0.05, 0) is 32.5 Å². The molecule has 1 unspecified atom stereocenters. The molecule has 0 amide bonds. The maximum atomic E-state index is 4.46. The average Bonchev–Trinajstić information content (AvgIpc) is 3.13. The van der Waals surface area contributed by atoms with Crippen LogP contribution in [0.2, 0.25) is 0 Å². The smallest absolute Gasteiger partial charge is 0.225 e. The third-order valence-electron chi connectivity index (χ3n) is 4.44. The normalized spacial score (nSPS) is 22.5. The van der Waals surface area contributed by atoms with Crippen LogP contribution in [0.4, 0.5) is 5.95 Å². The van der Waals surface area contributed by atoms with Gasteiger partial charge in [0.05, 0.1) is 12.6 Å². The summed E-state index contributed by atoms with van der Waals surface area (Å²) in [6, 6.07) is 2.26. The molecule has 0 radical (unpaired) electrons. The maximum absolute atomic E-state index is 4.46. The number of fused-ring (bicyclic) bond motifs is 1. The predicted molar refractivity (Wildman–Crippen MR) is 77.7 cm³/mol. The quantitative estimate of drug-likeness (QED) is 0.815. The lowest BCUT2D eigenvalue weighted by atomic mass is 10.2. The van der Waals surface area contributed by atoms with Gasteiger partial charge in [0.2, 0.25) is 5.95 Å². The number of rotatable bonds is 2. The van der Waals surface area contributed by atoms with Crippen molar-refractivity contribution in [1.82, 2.24) is 29.6 Å². The molecule has 1 atom stereocenters. The van der Waals surface area contributed by atoms with E-state index in [1.54, 1.807) is 12.4 Å². The Balaban J connectivity index is 1.59. The molecule has 2 aliphatic rings. The number of nitrogens with zero attached hydrogens (tertiary/aromatic N) is 7. The molecule has 21 heavy (non-hydrogen) atoms. The number of likely N-dealkylation sites (tertiary alicyclic amines) is 1. The second-order valence-electron chi connectivity index (χ2n) is 5.74. The van der Waals surface area contributed by atoms with Gasteiger partial charge >= 0.3 is 0 Å². The lowest BCUT2D eigenvalue weighted by Gasteiger charge is -2.29. The van der Waals surface area contributed by atoms with Crippen LogP contribution < -0.4 is 4.90 Å². The highest BCUT2D eigenvalue weighted by Crippen LogP contribution is 2.30. The zero-order valence-corrected chi connectivity index (χ0v) is 12.2. The summed E-state index contributed by atoms with van der Waals surface area (Å²) in [5.74, 6) is 2.91. The van der Waals surface area contributed by atoms with Crippen molar-refractivity contribution in [3.05, 3.63) is 30.1 Å². The number of hydrogen-bond acceptors (Lipinski definition) is 6. The fourth-order valence-corrected chi connectivity index (χ4v) is 3.29. The summed E-state index contributed by atoms with van der Waals surface area (Å²) in [5.41, 5.74) is 0. The van der Waals surface area contributed by atoms with E-state index in [0.29, 0.717) is 6.04 Å². The molecular weight excluding hydrogens is 266 g/mol. The molecule has 7 nitrogen and oxygen atoms in total. The summed E-state index contributed by atoms with van der Waals surface area (Å²) in [6.07, 6.45) is 5.98. The fourth-order valence-electron chi connectivity index (χ4n) is 3.29. The van der Waals surface area contributed by atoms with Crippen LogP contribution in [0, 0.1) is 0 Å². The first-order valence-corrected chi connectivity index (χ1v) is 7.47. The van der Waals surface area contributed by atoms with Crippen molar-refractivity contribution in [2.75, 3.05) is 25.0 Å². The molecule has 4 heterocycles. The van der Waals surface area contributed by atoms with Crippen LogP contribution in [0.25, 0.3) is 0 Å². The van der Waals surface area contributed by atoms with Gasteiger partial charge in [-0.25, -0.2) is 9.97 Å². The highest BCUT2D eigenvalue weighted by Gasteiger charge is 2.30. The third kappa shape index (κ3) is 2.17. The van der Waals surface area contributed by atoms with Gasteiger partial charge in [-0.3, -0.25) is 4.90 Å². The Hall–Kier alpha value is -2.02. The van der Waals surface area contributed by atoms with Gasteiger partial charge in [0.25, 0.3) is 0 Å². The van der Waals surface area contributed by atoms with Gasteiger partial charge in [0, 0.05) is 25.5 Å². The number of hydrogen-bond donors (Lipinski definition) is 0. The molecule has 0 spiro atoms. The molecule has 0 saturated carbocycles. The first kappa shape index (κ1) is 12.7. The van der Waals surface area contributed by atoms with Gasteiger partial charge in [-0.2, -0.15) is 0 Å². The monoisotopic (exact) mass is 285 g/mol. The Kier molecular flexibility index (Phi) is 3.07.